The maximum absolute atomic E-state index is 12.6. The van der Waals surface area contributed by atoms with Gasteiger partial charge in [-0.1, -0.05) is 13.0 Å². The zero-order chi connectivity index (χ0) is 14.6. The third kappa shape index (κ3) is 2.47. The Labute approximate surface area is 118 Å². The molecule has 0 spiro atoms. The number of benzene rings is 1. The number of hydrogen-bond acceptors (Lipinski definition) is 4. The lowest BCUT2D eigenvalue weighted by molar-refractivity contribution is -0.122. The minimum Gasteiger partial charge on any atom is -0.495 e. The van der Waals surface area contributed by atoms with Crippen LogP contribution in [0.3, 0.4) is 0 Å². The van der Waals surface area contributed by atoms with Gasteiger partial charge in [0.2, 0.25) is 5.91 Å². The van der Waals surface area contributed by atoms with Crippen molar-refractivity contribution < 1.29 is 9.53 Å². The molecule has 1 aromatic carbocycles. The topological polar surface area (TPSA) is 74.2 Å². The van der Waals surface area contributed by atoms with Gasteiger partial charge in [-0.2, -0.15) is 5.26 Å². The van der Waals surface area contributed by atoms with E-state index in [0.29, 0.717) is 17.0 Å². The van der Waals surface area contributed by atoms with Gasteiger partial charge in [0.25, 0.3) is 0 Å². The third-order valence-corrected chi connectivity index (χ3v) is 3.89. The molecule has 1 saturated heterocycles. The molecule has 0 radical (unpaired) electrons. The highest BCUT2D eigenvalue weighted by Crippen LogP contribution is 2.31. The number of carbonyl (C=O) groups excluding carboxylic acids is 1. The van der Waals surface area contributed by atoms with Crippen LogP contribution in [0.2, 0.25) is 0 Å². The summed E-state index contributed by atoms with van der Waals surface area (Å²) in [6, 6.07) is 7.21. The lowest BCUT2D eigenvalue weighted by Gasteiger charge is -2.27. The molecular weight excluding hydrogens is 254 g/mol. The van der Waals surface area contributed by atoms with Crippen molar-refractivity contribution in [1.82, 2.24) is 5.32 Å². The number of nitrogens with zero attached hydrogens (tertiary/aromatic N) is 1. The summed E-state index contributed by atoms with van der Waals surface area (Å²) in [5.41, 5.74) is 0.319. The third-order valence-electron chi connectivity index (χ3n) is 3.89. The van der Waals surface area contributed by atoms with E-state index >= 15 is 0 Å². The first-order valence-electron chi connectivity index (χ1n) is 6.80. The van der Waals surface area contributed by atoms with E-state index in [1.165, 1.54) is 7.11 Å². The van der Waals surface area contributed by atoms with Crippen LogP contribution in [0.15, 0.2) is 18.2 Å². The second-order valence-electron chi connectivity index (χ2n) is 4.91. The van der Waals surface area contributed by atoms with Crippen molar-refractivity contribution in [3.05, 3.63) is 23.8 Å². The average Bonchev–Trinajstić information content (AvgIpc) is 2.97. The van der Waals surface area contributed by atoms with Gasteiger partial charge in [-0.05, 0) is 37.9 Å². The maximum atomic E-state index is 12.6. The lowest BCUT2D eigenvalue weighted by Crippen LogP contribution is -2.50. The van der Waals surface area contributed by atoms with E-state index in [4.69, 9.17) is 10.00 Å². The van der Waals surface area contributed by atoms with Crippen LogP contribution >= 0.6 is 0 Å². The van der Waals surface area contributed by atoms with Crippen LogP contribution in [0.5, 0.6) is 5.75 Å². The number of amides is 1. The summed E-state index contributed by atoms with van der Waals surface area (Å²) in [4.78, 5) is 12.6. The van der Waals surface area contributed by atoms with Crippen LogP contribution in [0, 0.1) is 11.3 Å². The normalized spacial score (nSPS) is 21.2. The van der Waals surface area contributed by atoms with Gasteiger partial charge in [-0.3, -0.25) is 4.79 Å². The fraction of sp³-hybridized carbons (Fsp3) is 0.467. The van der Waals surface area contributed by atoms with Gasteiger partial charge >= 0.3 is 0 Å². The summed E-state index contributed by atoms with van der Waals surface area (Å²) in [5.74, 6) is 0.403. The number of rotatable bonds is 4. The van der Waals surface area contributed by atoms with E-state index in [2.05, 4.69) is 16.7 Å². The van der Waals surface area contributed by atoms with Crippen LogP contribution in [-0.2, 0) is 4.79 Å². The molecule has 1 unspecified atom stereocenters. The van der Waals surface area contributed by atoms with Crippen molar-refractivity contribution in [2.75, 3.05) is 19.0 Å². The zero-order valence-electron chi connectivity index (χ0n) is 11.8. The fourth-order valence-electron chi connectivity index (χ4n) is 2.62. The van der Waals surface area contributed by atoms with E-state index in [0.717, 1.165) is 25.8 Å². The van der Waals surface area contributed by atoms with Crippen LogP contribution < -0.4 is 15.4 Å². The lowest BCUT2D eigenvalue weighted by atomic mass is 9.93. The highest BCUT2D eigenvalue weighted by atomic mass is 16.5. The number of para-hydroxylation sites is 1. The molecule has 1 fully saturated rings. The van der Waals surface area contributed by atoms with Crippen molar-refractivity contribution >= 4 is 11.6 Å². The molecule has 1 aromatic rings. The highest BCUT2D eigenvalue weighted by molar-refractivity contribution is 6.00. The Balaban J connectivity index is 2.30. The van der Waals surface area contributed by atoms with Crippen molar-refractivity contribution in [2.24, 2.45) is 0 Å². The predicted molar refractivity (Wildman–Crippen MR) is 76.6 cm³/mol. The molecule has 5 nitrogen and oxygen atoms in total. The standard InChI is InChI=1S/C15H19N3O2/c1-3-15(8-5-9-17-15)14(19)18-13-11(10-16)6-4-7-12(13)20-2/h4,6-7,17H,3,5,8-9H2,1-2H3,(H,18,19). The molecule has 1 aliphatic rings. The summed E-state index contributed by atoms with van der Waals surface area (Å²) >= 11 is 0. The molecule has 2 N–H and O–H groups in total. The van der Waals surface area contributed by atoms with Crippen LogP contribution in [0.4, 0.5) is 5.69 Å². The average molecular weight is 273 g/mol. The molecule has 2 rings (SSSR count). The van der Waals surface area contributed by atoms with E-state index in [1.807, 2.05) is 6.92 Å². The first kappa shape index (κ1) is 14.4. The number of anilines is 1. The number of carbonyl (C=O) groups is 1. The Morgan fingerprint density at radius 1 is 1.60 bits per heavy atom. The van der Waals surface area contributed by atoms with Gasteiger partial charge in [0.15, 0.2) is 0 Å². The Hall–Kier alpha value is -2.06. The first-order valence-corrected chi connectivity index (χ1v) is 6.80. The van der Waals surface area contributed by atoms with Gasteiger partial charge < -0.3 is 15.4 Å². The van der Waals surface area contributed by atoms with Gasteiger partial charge in [0.05, 0.1) is 18.2 Å². The van der Waals surface area contributed by atoms with Crippen molar-refractivity contribution in [3.8, 4) is 11.8 Å². The molecule has 1 atom stereocenters. The van der Waals surface area contributed by atoms with E-state index in [9.17, 15) is 4.79 Å². The quantitative estimate of drug-likeness (QED) is 0.880. The zero-order valence-corrected chi connectivity index (χ0v) is 11.8. The minimum absolute atomic E-state index is 0.0986. The van der Waals surface area contributed by atoms with Crippen LogP contribution in [0.1, 0.15) is 31.7 Å². The molecular formula is C15H19N3O2. The molecule has 106 valence electrons. The number of nitriles is 1. The maximum Gasteiger partial charge on any atom is 0.244 e. The summed E-state index contributed by atoms with van der Waals surface area (Å²) in [6.45, 7) is 2.84. The molecule has 1 aliphatic heterocycles. The molecule has 0 aromatic heterocycles. The second-order valence-corrected chi connectivity index (χ2v) is 4.91. The molecule has 5 heteroatoms. The molecule has 0 saturated carbocycles. The Morgan fingerprint density at radius 2 is 2.40 bits per heavy atom. The Kier molecular flexibility index (Phi) is 4.26. The van der Waals surface area contributed by atoms with Crippen LogP contribution in [-0.4, -0.2) is 25.1 Å². The van der Waals surface area contributed by atoms with Crippen LogP contribution in [0.25, 0.3) is 0 Å². The highest BCUT2D eigenvalue weighted by Gasteiger charge is 2.39. The van der Waals surface area contributed by atoms with Gasteiger partial charge in [-0.25, -0.2) is 0 Å². The Bertz CT molecular complexity index is 543. The fourth-order valence-corrected chi connectivity index (χ4v) is 2.62. The minimum atomic E-state index is -0.534. The number of hydrogen-bond donors (Lipinski definition) is 2. The largest absolute Gasteiger partial charge is 0.495 e. The van der Waals surface area contributed by atoms with E-state index in [-0.39, 0.29) is 5.91 Å². The molecule has 20 heavy (non-hydrogen) atoms. The molecule has 1 heterocycles. The predicted octanol–water partition coefficient (Wildman–Crippen LogP) is 2.04. The van der Waals surface area contributed by atoms with Crippen molar-refractivity contribution in [2.45, 2.75) is 31.7 Å². The monoisotopic (exact) mass is 273 g/mol. The van der Waals surface area contributed by atoms with E-state index in [1.54, 1.807) is 18.2 Å². The molecule has 0 bridgehead atoms. The van der Waals surface area contributed by atoms with E-state index < -0.39 is 5.54 Å². The summed E-state index contributed by atoms with van der Waals surface area (Å²) in [7, 11) is 1.52. The summed E-state index contributed by atoms with van der Waals surface area (Å²) in [6.07, 6.45) is 2.51. The number of methoxy groups -OCH3 is 1. The summed E-state index contributed by atoms with van der Waals surface area (Å²) < 4.78 is 5.23. The SMILES string of the molecule is CCC1(C(=O)Nc2c(C#N)cccc2OC)CCCN1. The van der Waals surface area contributed by atoms with Crippen molar-refractivity contribution in [1.29, 1.82) is 5.26 Å². The van der Waals surface area contributed by atoms with Gasteiger partial charge in [0, 0.05) is 0 Å². The first-order chi connectivity index (χ1) is 9.66. The Morgan fingerprint density at radius 3 is 2.95 bits per heavy atom. The van der Waals surface area contributed by atoms with Crippen molar-refractivity contribution in [3.63, 3.8) is 0 Å². The second kappa shape index (κ2) is 5.93. The summed E-state index contributed by atoms with van der Waals surface area (Å²) in [5, 5.41) is 15.3. The van der Waals surface area contributed by atoms with Gasteiger partial charge in [0.1, 0.15) is 17.5 Å². The van der Waals surface area contributed by atoms with Gasteiger partial charge in [-0.15, -0.1) is 0 Å². The number of ether oxygens (including phenoxy) is 1. The number of nitrogens with one attached hydrogen (secondary N) is 2. The smallest absolute Gasteiger partial charge is 0.244 e. The molecule has 1 amide bonds. The molecule has 0 aliphatic carbocycles.